The van der Waals surface area contributed by atoms with Crippen molar-refractivity contribution in [3.63, 3.8) is 0 Å². The summed E-state index contributed by atoms with van der Waals surface area (Å²) in [5, 5.41) is 2.44. The van der Waals surface area contributed by atoms with E-state index < -0.39 is 0 Å². The summed E-state index contributed by atoms with van der Waals surface area (Å²) in [7, 11) is 0. The highest BCUT2D eigenvalue weighted by Crippen LogP contribution is 2.17. The van der Waals surface area contributed by atoms with E-state index in [1.807, 2.05) is 30.9 Å². The second-order valence-corrected chi connectivity index (χ2v) is 4.95. The molecule has 0 atom stereocenters. The molecule has 1 aliphatic heterocycles. The molecule has 3 rings (SSSR count). The molecule has 1 heterocycles. The van der Waals surface area contributed by atoms with Gasteiger partial charge in [-0.3, -0.25) is 4.79 Å². The summed E-state index contributed by atoms with van der Waals surface area (Å²) < 4.78 is 0. The number of carbonyl (C=O) groups is 1. The fourth-order valence-electron chi connectivity index (χ4n) is 2.60. The van der Waals surface area contributed by atoms with Gasteiger partial charge in [0.05, 0.1) is 6.42 Å². The van der Waals surface area contributed by atoms with Crippen molar-refractivity contribution in [3.8, 4) is 0 Å². The van der Waals surface area contributed by atoms with Gasteiger partial charge in [0.25, 0.3) is 0 Å². The molecule has 2 aromatic rings. The van der Waals surface area contributed by atoms with Crippen LogP contribution in [0.4, 0.5) is 0 Å². The molecular weight excluding hydrogens is 246 g/mol. The highest BCUT2D eigenvalue weighted by Gasteiger charge is 2.17. The summed E-state index contributed by atoms with van der Waals surface area (Å²) in [6, 6.07) is 14.6. The number of carbonyl (C=O) groups excluding carboxylic acids is 1. The van der Waals surface area contributed by atoms with E-state index >= 15 is 0 Å². The molecular formula is C18H23NO. The maximum absolute atomic E-state index is 12.1. The normalized spacial score (nSPS) is 14.0. The Hall–Kier alpha value is -1.83. The van der Waals surface area contributed by atoms with Crippen molar-refractivity contribution in [3.05, 3.63) is 48.0 Å². The van der Waals surface area contributed by atoms with Gasteiger partial charge >= 0.3 is 0 Å². The lowest BCUT2D eigenvalue weighted by Crippen LogP contribution is -2.29. The van der Waals surface area contributed by atoms with Crippen molar-refractivity contribution in [2.45, 2.75) is 33.1 Å². The Kier molecular flexibility index (Phi) is 5.16. The molecule has 0 aromatic heterocycles. The van der Waals surface area contributed by atoms with Crippen LogP contribution < -0.4 is 0 Å². The van der Waals surface area contributed by atoms with Crippen LogP contribution in [0, 0.1) is 0 Å². The molecule has 1 aliphatic rings. The maximum atomic E-state index is 12.1. The van der Waals surface area contributed by atoms with Gasteiger partial charge in [-0.2, -0.15) is 0 Å². The number of fused-ring (bicyclic) bond motifs is 1. The van der Waals surface area contributed by atoms with E-state index in [1.54, 1.807) is 0 Å². The molecule has 2 heteroatoms. The molecule has 1 amide bonds. The molecule has 0 radical (unpaired) electrons. The van der Waals surface area contributed by atoms with Crippen LogP contribution in [-0.4, -0.2) is 23.9 Å². The first-order chi connectivity index (χ1) is 9.83. The molecule has 2 nitrogen and oxygen atoms in total. The molecule has 0 N–H and O–H groups in total. The first kappa shape index (κ1) is 14.6. The molecule has 1 saturated heterocycles. The van der Waals surface area contributed by atoms with Gasteiger partial charge < -0.3 is 4.90 Å². The van der Waals surface area contributed by atoms with Gasteiger partial charge in [-0.05, 0) is 29.2 Å². The summed E-state index contributed by atoms with van der Waals surface area (Å²) in [5.74, 6) is 0.266. The first-order valence-electron chi connectivity index (χ1n) is 7.58. The largest absolute Gasteiger partial charge is 0.342 e. The van der Waals surface area contributed by atoms with Crippen molar-refractivity contribution in [2.24, 2.45) is 0 Å². The van der Waals surface area contributed by atoms with Gasteiger partial charge in [0.15, 0.2) is 0 Å². The third-order valence-electron chi connectivity index (χ3n) is 3.63. The Morgan fingerprint density at radius 2 is 1.65 bits per heavy atom. The Balaban J connectivity index is 0.000000704. The van der Waals surface area contributed by atoms with Gasteiger partial charge in [0.2, 0.25) is 5.91 Å². The van der Waals surface area contributed by atoms with Gasteiger partial charge in [0.1, 0.15) is 0 Å². The Morgan fingerprint density at radius 3 is 2.35 bits per heavy atom. The van der Waals surface area contributed by atoms with Crippen molar-refractivity contribution in [1.29, 1.82) is 0 Å². The predicted octanol–water partition coefficient (Wildman–Crippen LogP) is 4.03. The van der Waals surface area contributed by atoms with E-state index in [9.17, 15) is 4.79 Å². The molecule has 2 aromatic carbocycles. The van der Waals surface area contributed by atoms with Crippen molar-refractivity contribution >= 4 is 16.7 Å². The van der Waals surface area contributed by atoms with Crippen LogP contribution in [0.2, 0.25) is 0 Å². The van der Waals surface area contributed by atoms with Crippen molar-refractivity contribution in [2.75, 3.05) is 13.1 Å². The zero-order valence-electron chi connectivity index (χ0n) is 12.4. The number of benzene rings is 2. The minimum atomic E-state index is 0.266. The second-order valence-electron chi connectivity index (χ2n) is 4.95. The zero-order valence-corrected chi connectivity index (χ0v) is 12.4. The number of hydrogen-bond acceptors (Lipinski definition) is 1. The minimum absolute atomic E-state index is 0.266. The molecule has 0 bridgehead atoms. The fraction of sp³-hybridized carbons (Fsp3) is 0.389. The lowest BCUT2D eigenvalue weighted by molar-refractivity contribution is -0.129. The maximum Gasteiger partial charge on any atom is 0.226 e. The minimum Gasteiger partial charge on any atom is -0.342 e. The number of rotatable bonds is 2. The molecule has 0 saturated carbocycles. The van der Waals surface area contributed by atoms with Gasteiger partial charge in [-0.25, -0.2) is 0 Å². The molecule has 20 heavy (non-hydrogen) atoms. The van der Waals surface area contributed by atoms with Crippen LogP contribution in [0.3, 0.4) is 0 Å². The highest BCUT2D eigenvalue weighted by molar-refractivity contribution is 5.85. The average molecular weight is 269 g/mol. The fourth-order valence-corrected chi connectivity index (χ4v) is 2.60. The van der Waals surface area contributed by atoms with Crippen LogP contribution in [-0.2, 0) is 11.2 Å². The summed E-state index contributed by atoms with van der Waals surface area (Å²) >= 11 is 0. The topological polar surface area (TPSA) is 20.3 Å². The lowest BCUT2D eigenvalue weighted by atomic mass is 10.0. The molecule has 0 spiro atoms. The average Bonchev–Trinajstić information content (AvgIpc) is 3.03. The third kappa shape index (κ3) is 3.38. The Morgan fingerprint density at radius 1 is 1.00 bits per heavy atom. The number of likely N-dealkylation sites (tertiary alicyclic amines) is 1. The van der Waals surface area contributed by atoms with Gasteiger partial charge in [0, 0.05) is 13.1 Å². The van der Waals surface area contributed by atoms with Gasteiger partial charge in [-0.1, -0.05) is 56.3 Å². The van der Waals surface area contributed by atoms with E-state index in [-0.39, 0.29) is 5.91 Å². The molecule has 106 valence electrons. The summed E-state index contributed by atoms with van der Waals surface area (Å²) in [6.07, 6.45) is 2.84. The van der Waals surface area contributed by atoms with E-state index in [2.05, 4.69) is 30.3 Å². The smallest absolute Gasteiger partial charge is 0.226 e. The molecule has 0 unspecified atom stereocenters. The predicted molar refractivity (Wildman–Crippen MR) is 84.8 cm³/mol. The number of hydrogen-bond donors (Lipinski definition) is 0. The monoisotopic (exact) mass is 269 g/mol. The van der Waals surface area contributed by atoms with Crippen molar-refractivity contribution < 1.29 is 4.79 Å². The van der Waals surface area contributed by atoms with Crippen LogP contribution >= 0.6 is 0 Å². The number of amides is 1. The summed E-state index contributed by atoms with van der Waals surface area (Å²) in [4.78, 5) is 14.1. The van der Waals surface area contributed by atoms with E-state index in [4.69, 9.17) is 0 Å². The molecule has 1 fully saturated rings. The van der Waals surface area contributed by atoms with E-state index in [0.717, 1.165) is 31.5 Å². The van der Waals surface area contributed by atoms with E-state index in [0.29, 0.717) is 6.42 Å². The second kappa shape index (κ2) is 7.09. The van der Waals surface area contributed by atoms with Crippen LogP contribution in [0.1, 0.15) is 32.3 Å². The summed E-state index contributed by atoms with van der Waals surface area (Å²) in [5.41, 5.74) is 1.12. The zero-order chi connectivity index (χ0) is 14.4. The third-order valence-corrected chi connectivity index (χ3v) is 3.63. The Bertz CT molecular complexity index is 570. The quantitative estimate of drug-likeness (QED) is 0.806. The van der Waals surface area contributed by atoms with Crippen molar-refractivity contribution in [1.82, 2.24) is 4.90 Å². The number of nitrogens with zero attached hydrogens (tertiary/aromatic N) is 1. The highest BCUT2D eigenvalue weighted by atomic mass is 16.2. The van der Waals surface area contributed by atoms with Crippen LogP contribution in [0.5, 0.6) is 0 Å². The standard InChI is InChI=1S/C16H17NO.C2H6/c18-16(17-9-3-4-10-17)12-13-7-8-14-5-1-2-6-15(14)11-13;1-2/h1-2,5-8,11H,3-4,9-10,12H2;1-2H3. The van der Waals surface area contributed by atoms with Crippen LogP contribution in [0.25, 0.3) is 10.8 Å². The Labute approximate surface area is 121 Å². The molecule has 0 aliphatic carbocycles. The van der Waals surface area contributed by atoms with Crippen LogP contribution in [0.15, 0.2) is 42.5 Å². The first-order valence-corrected chi connectivity index (χ1v) is 7.58. The van der Waals surface area contributed by atoms with Gasteiger partial charge in [-0.15, -0.1) is 0 Å². The lowest BCUT2D eigenvalue weighted by Gasteiger charge is -2.15. The SMILES string of the molecule is CC.O=C(Cc1ccc2ccccc2c1)N1CCCC1. The van der Waals surface area contributed by atoms with E-state index in [1.165, 1.54) is 10.8 Å². The summed E-state index contributed by atoms with van der Waals surface area (Å²) in [6.45, 7) is 5.87.